The van der Waals surface area contributed by atoms with Crippen molar-refractivity contribution in [3.63, 3.8) is 0 Å². The lowest BCUT2D eigenvalue weighted by atomic mass is 9.74. The number of carbonyl (C=O) groups excluding carboxylic acids is 1. The average Bonchev–Trinajstić information content (AvgIpc) is 3.09. The van der Waals surface area contributed by atoms with Gasteiger partial charge in [-0.15, -0.1) is 0 Å². The molecule has 3 rings (SSSR count). The van der Waals surface area contributed by atoms with Gasteiger partial charge in [-0.25, -0.2) is 0 Å². The number of oxime groups is 1. The summed E-state index contributed by atoms with van der Waals surface area (Å²) in [6.07, 6.45) is 1.98. The van der Waals surface area contributed by atoms with Gasteiger partial charge >= 0.3 is 0 Å². The van der Waals surface area contributed by atoms with Gasteiger partial charge in [0.2, 0.25) is 5.91 Å². The molecule has 6 heteroatoms. The molecule has 2 aliphatic heterocycles. The maximum atomic E-state index is 12.8. The van der Waals surface area contributed by atoms with E-state index in [-0.39, 0.29) is 18.6 Å². The number of rotatable bonds is 6. The number of nitrogens with zero attached hydrogens (tertiary/aromatic N) is 1. The normalized spacial score (nSPS) is 23.0. The summed E-state index contributed by atoms with van der Waals surface area (Å²) in [5.74, 6) is -0.0194. The maximum absolute atomic E-state index is 12.8. The Morgan fingerprint density at radius 1 is 1.35 bits per heavy atom. The lowest BCUT2D eigenvalue weighted by molar-refractivity contribution is -0.140. The van der Waals surface area contributed by atoms with Crippen LogP contribution in [0.2, 0.25) is 0 Å². The predicted octanol–water partition coefficient (Wildman–Crippen LogP) is 2.17. The second-order valence-electron chi connectivity index (χ2n) is 7.49. The van der Waals surface area contributed by atoms with Crippen LogP contribution in [0.1, 0.15) is 43.7 Å². The second-order valence-corrected chi connectivity index (χ2v) is 7.49. The van der Waals surface area contributed by atoms with Crippen LogP contribution in [0, 0.1) is 12.3 Å². The van der Waals surface area contributed by atoms with Crippen molar-refractivity contribution in [1.82, 2.24) is 5.32 Å². The van der Waals surface area contributed by atoms with Crippen LogP contribution in [0.15, 0.2) is 29.4 Å². The largest absolute Gasteiger partial charge is 0.392 e. The number of hydrogen-bond acceptors (Lipinski definition) is 5. The fraction of sp³-hybridized carbons (Fsp3) is 0.600. The quantitative estimate of drug-likeness (QED) is 0.815. The molecule has 142 valence electrons. The van der Waals surface area contributed by atoms with E-state index in [1.54, 1.807) is 6.92 Å². The summed E-state index contributed by atoms with van der Waals surface area (Å²) in [5.41, 5.74) is 2.69. The molecule has 1 saturated heterocycles. The van der Waals surface area contributed by atoms with Crippen LogP contribution in [-0.2, 0) is 14.4 Å². The van der Waals surface area contributed by atoms with Gasteiger partial charge in [-0.05, 0) is 32.3 Å². The number of aliphatic hydroxyl groups excluding tert-OH is 1. The molecule has 2 atom stereocenters. The van der Waals surface area contributed by atoms with E-state index in [9.17, 15) is 9.90 Å². The molecule has 26 heavy (non-hydrogen) atoms. The third-order valence-electron chi connectivity index (χ3n) is 5.23. The van der Waals surface area contributed by atoms with E-state index in [4.69, 9.17) is 9.57 Å². The van der Waals surface area contributed by atoms with Gasteiger partial charge in [-0.2, -0.15) is 0 Å². The fourth-order valence-electron chi connectivity index (χ4n) is 3.60. The first-order chi connectivity index (χ1) is 12.5. The molecule has 1 aromatic carbocycles. The molecule has 0 radical (unpaired) electrons. The first-order valence-electron chi connectivity index (χ1n) is 9.32. The molecular weight excluding hydrogens is 332 g/mol. The molecule has 0 saturated carbocycles. The van der Waals surface area contributed by atoms with Crippen LogP contribution in [0.4, 0.5) is 0 Å². The van der Waals surface area contributed by atoms with Crippen molar-refractivity contribution in [2.24, 2.45) is 10.6 Å². The Hall–Kier alpha value is -1.92. The zero-order chi connectivity index (χ0) is 18.6. The fourth-order valence-corrected chi connectivity index (χ4v) is 3.60. The first-order valence-corrected chi connectivity index (χ1v) is 9.32. The minimum absolute atomic E-state index is 0.0194. The minimum atomic E-state index is -0.560. The number of carbonyl (C=O) groups is 1. The predicted molar refractivity (Wildman–Crippen MR) is 99.0 cm³/mol. The Balaban J connectivity index is 1.65. The maximum Gasteiger partial charge on any atom is 0.226 e. The summed E-state index contributed by atoms with van der Waals surface area (Å²) in [5, 5.41) is 16.6. The topological polar surface area (TPSA) is 80.2 Å². The highest BCUT2D eigenvalue weighted by molar-refractivity contribution is 6.01. The van der Waals surface area contributed by atoms with Crippen molar-refractivity contribution >= 4 is 11.6 Å². The van der Waals surface area contributed by atoms with Crippen LogP contribution in [0.5, 0.6) is 0 Å². The van der Waals surface area contributed by atoms with Crippen LogP contribution in [0.3, 0.4) is 0 Å². The first kappa shape index (κ1) is 18.9. The summed E-state index contributed by atoms with van der Waals surface area (Å²) < 4.78 is 5.47. The van der Waals surface area contributed by atoms with Gasteiger partial charge in [-0.1, -0.05) is 35.0 Å². The Labute approximate surface area is 154 Å². The van der Waals surface area contributed by atoms with Crippen LogP contribution in [-0.4, -0.2) is 48.7 Å². The third kappa shape index (κ3) is 4.43. The number of amides is 1. The van der Waals surface area contributed by atoms with Gasteiger partial charge < -0.3 is 20.0 Å². The molecule has 0 spiro atoms. The highest BCUT2D eigenvalue weighted by Gasteiger charge is 2.43. The van der Waals surface area contributed by atoms with E-state index < -0.39 is 11.5 Å². The monoisotopic (exact) mass is 360 g/mol. The molecule has 1 amide bonds. The summed E-state index contributed by atoms with van der Waals surface area (Å²) in [6, 6.07) is 8.24. The summed E-state index contributed by atoms with van der Waals surface area (Å²) in [6.45, 7) is 5.12. The Kier molecular flexibility index (Phi) is 5.94. The van der Waals surface area contributed by atoms with Gasteiger partial charge in [0.15, 0.2) is 0 Å². The van der Waals surface area contributed by atoms with Gasteiger partial charge in [-0.3, -0.25) is 4.79 Å². The molecular formula is C20H28N2O4. The van der Waals surface area contributed by atoms with Crippen molar-refractivity contribution in [3.8, 4) is 0 Å². The Bertz CT molecular complexity index is 648. The van der Waals surface area contributed by atoms with Crippen molar-refractivity contribution in [1.29, 1.82) is 0 Å². The SMILES string of the molecule is Cc1ccc(C2=NO[C@@H](CC3(C(=O)NC[C@@H](C)O)CCOCC3)C2)cc1. The van der Waals surface area contributed by atoms with Crippen LogP contribution >= 0.6 is 0 Å². The van der Waals surface area contributed by atoms with Crippen molar-refractivity contribution < 1.29 is 19.5 Å². The van der Waals surface area contributed by atoms with Crippen LogP contribution in [0.25, 0.3) is 0 Å². The van der Waals surface area contributed by atoms with Crippen molar-refractivity contribution in [2.75, 3.05) is 19.8 Å². The number of benzene rings is 1. The van der Waals surface area contributed by atoms with E-state index in [2.05, 4.69) is 41.7 Å². The molecule has 0 aliphatic carbocycles. The standard InChI is InChI=1S/C20H28N2O4/c1-14-3-5-16(6-4-14)18-11-17(26-22-18)12-20(7-9-25-10-8-20)19(24)21-13-15(2)23/h3-6,15,17,23H,7-13H2,1-2H3,(H,21,24)/t15-,17-/m1/s1. The van der Waals surface area contributed by atoms with Gasteiger partial charge in [0.05, 0.1) is 17.2 Å². The third-order valence-corrected chi connectivity index (χ3v) is 5.23. The Morgan fingerprint density at radius 2 is 2.04 bits per heavy atom. The van der Waals surface area contributed by atoms with Crippen molar-refractivity contribution in [3.05, 3.63) is 35.4 Å². The Morgan fingerprint density at radius 3 is 2.69 bits per heavy atom. The van der Waals surface area contributed by atoms with E-state index in [0.29, 0.717) is 38.9 Å². The molecule has 6 nitrogen and oxygen atoms in total. The summed E-state index contributed by atoms with van der Waals surface area (Å²) in [7, 11) is 0. The number of aryl methyl sites for hydroxylation is 1. The lowest BCUT2D eigenvalue weighted by Gasteiger charge is -2.37. The van der Waals surface area contributed by atoms with Gasteiger partial charge in [0, 0.05) is 32.6 Å². The number of nitrogens with one attached hydrogen (secondary N) is 1. The van der Waals surface area contributed by atoms with E-state index in [1.165, 1.54) is 5.56 Å². The zero-order valence-corrected chi connectivity index (χ0v) is 15.5. The van der Waals surface area contributed by atoms with Crippen molar-refractivity contribution in [2.45, 2.75) is 51.7 Å². The zero-order valence-electron chi connectivity index (χ0n) is 15.5. The minimum Gasteiger partial charge on any atom is -0.392 e. The number of aliphatic hydroxyl groups is 1. The summed E-state index contributed by atoms with van der Waals surface area (Å²) in [4.78, 5) is 18.5. The molecule has 1 fully saturated rings. The molecule has 1 aromatic rings. The molecule has 0 bridgehead atoms. The van der Waals surface area contributed by atoms with E-state index >= 15 is 0 Å². The van der Waals surface area contributed by atoms with E-state index in [0.717, 1.165) is 11.3 Å². The van der Waals surface area contributed by atoms with E-state index in [1.807, 2.05) is 0 Å². The van der Waals surface area contributed by atoms with Gasteiger partial charge in [0.1, 0.15) is 6.10 Å². The molecule has 0 unspecified atom stereocenters. The molecule has 2 heterocycles. The smallest absolute Gasteiger partial charge is 0.226 e. The lowest BCUT2D eigenvalue weighted by Crippen LogP contribution is -2.48. The second kappa shape index (κ2) is 8.18. The highest BCUT2D eigenvalue weighted by atomic mass is 16.6. The average molecular weight is 360 g/mol. The van der Waals surface area contributed by atoms with Gasteiger partial charge in [0.25, 0.3) is 0 Å². The number of ether oxygens (including phenoxy) is 1. The number of hydrogen-bond donors (Lipinski definition) is 2. The molecule has 2 N–H and O–H groups in total. The van der Waals surface area contributed by atoms with Crippen LogP contribution < -0.4 is 5.32 Å². The molecule has 2 aliphatic rings. The highest BCUT2D eigenvalue weighted by Crippen LogP contribution is 2.38. The molecule has 0 aromatic heterocycles. The summed E-state index contributed by atoms with van der Waals surface area (Å²) >= 11 is 0.